The van der Waals surface area contributed by atoms with Gasteiger partial charge in [0.05, 0.1) is 5.54 Å². The van der Waals surface area contributed by atoms with Crippen molar-refractivity contribution >= 4 is 17.3 Å². The molecule has 1 saturated carbocycles. The van der Waals surface area contributed by atoms with E-state index in [1.54, 1.807) is 0 Å². The molecule has 0 aromatic rings. The Morgan fingerprint density at radius 2 is 1.55 bits per heavy atom. The fourth-order valence-electron chi connectivity index (χ4n) is 2.22. The summed E-state index contributed by atoms with van der Waals surface area (Å²) in [6, 6.07) is 0. The first kappa shape index (κ1) is 17.3. The number of nitrogens with one attached hydrogen (secondary N) is 2. The topological polar surface area (TPSA) is 48.8 Å². The lowest BCUT2D eigenvalue weighted by atomic mass is 9.89. The lowest BCUT2D eigenvalue weighted by Crippen LogP contribution is -2.55. The van der Waals surface area contributed by atoms with Crippen molar-refractivity contribution in [3.63, 3.8) is 0 Å². The molecule has 116 valence electrons. The zero-order valence-electron chi connectivity index (χ0n) is 13.8. The van der Waals surface area contributed by atoms with E-state index in [1.165, 1.54) is 19.3 Å². The van der Waals surface area contributed by atoms with E-state index < -0.39 is 0 Å². The number of hydrogen-bond donors (Lipinski definition) is 2. The summed E-state index contributed by atoms with van der Waals surface area (Å²) < 4.78 is 0. The number of hydrogen-bond acceptors (Lipinski definition) is 3. The zero-order valence-corrected chi connectivity index (χ0v) is 14.7. The molecule has 1 aliphatic carbocycles. The molecule has 0 saturated heterocycles. The molecule has 0 spiro atoms. The van der Waals surface area contributed by atoms with Gasteiger partial charge >= 0.3 is 0 Å². The zero-order chi connectivity index (χ0) is 15.4. The number of thiocarbonyl (C=S) groups is 1. The lowest BCUT2D eigenvalue weighted by Gasteiger charge is -2.36. The minimum atomic E-state index is -0.319. The summed E-state index contributed by atoms with van der Waals surface area (Å²) in [5.74, 6) is 0. The Labute approximate surface area is 129 Å². The molecule has 5 heteroatoms. The molecular weight excluding hydrogens is 268 g/mol. The third-order valence-electron chi connectivity index (χ3n) is 3.06. The van der Waals surface area contributed by atoms with Crippen molar-refractivity contribution in [3.05, 3.63) is 0 Å². The predicted molar refractivity (Wildman–Crippen MR) is 89.0 cm³/mol. The number of nitrogens with zero attached hydrogens (tertiary/aromatic N) is 2. The highest BCUT2D eigenvalue weighted by Gasteiger charge is 2.33. The van der Waals surface area contributed by atoms with Crippen LogP contribution < -0.4 is 10.6 Å². The minimum Gasteiger partial charge on any atom is -0.358 e. The molecule has 0 atom stereocenters. The van der Waals surface area contributed by atoms with Gasteiger partial charge in [-0.25, -0.2) is 0 Å². The Morgan fingerprint density at radius 1 is 1.00 bits per heavy atom. The van der Waals surface area contributed by atoms with Crippen LogP contribution in [0.15, 0.2) is 10.2 Å². The largest absolute Gasteiger partial charge is 0.358 e. The molecule has 0 radical (unpaired) electrons. The average molecular weight is 299 g/mol. The number of rotatable bonds is 2. The molecule has 0 amide bonds. The fourth-order valence-corrected chi connectivity index (χ4v) is 2.71. The molecule has 4 nitrogen and oxygen atoms in total. The van der Waals surface area contributed by atoms with E-state index in [0.29, 0.717) is 5.11 Å². The second kappa shape index (κ2) is 6.37. The average Bonchev–Trinajstić information content (AvgIpc) is 2.24. The molecule has 0 aliphatic heterocycles. The van der Waals surface area contributed by atoms with E-state index in [0.717, 1.165) is 12.8 Å². The van der Waals surface area contributed by atoms with Crippen molar-refractivity contribution in [1.82, 2.24) is 10.6 Å². The van der Waals surface area contributed by atoms with Crippen LogP contribution in [-0.2, 0) is 0 Å². The highest BCUT2D eigenvalue weighted by Crippen LogP contribution is 2.30. The van der Waals surface area contributed by atoms with E-state index in [4.69, 9.17) is 12.2 Å². The lowest BCUT2D eigenvalue weighted by molar-refractivity contribution is 0.253. The SMILES string of the molecule is CC(C)(C)/N=N/C1(NC(=S)NC(C)(C)C)CCCCC1. The summed E-state index contributed by atoms with van der Waals surface area (Å²) in [7, 11) is 0. The smallest absolute Gasteiger partial charge is 0.168 e. The van der Waals surface area contributed by atoms with Gasteiger partial charge in [0, 0.05) is 5.54 Å². The van der Waals surface area contributed by atoms with Crippen LogP contribution in [0.25, 0.3) is 0 Å². The van der Waals surface area contributed by atoms with Crippen LogP contribution in [0.1, 0.15) is 73.6 Å². The van der Waals surface area contributed by atoms with E-state index >= 15 is 0 Å². The normalized spacial score (nSPS) is 19.9. The summed E-state index contributed by atoms with van der Waals surface area (Å²) in [4.78, 5) is 0. The first-order valence-electron chi connectivity index (χ1n) is 7.56. The Hall–Kier alpha value is -0.710. The van der Waals surface area contributed by atoms with Gasteiger partial charge in [0.2, 0.25) is 0 Å². The molecule has 0 heterocycles. The Bertz CT molecular complexity index is 357. The molecule has 0 unspecified atom stereocenters. The van der Waals surface area contributed by atoms with Gasteiger partial charge in [-0.05, 0) is 79.4 Å². The molecule has 0 aromatic carbocycles. The molecular formula is C15H30N4S. The maximum Gasteiger partial charge on any atom is 0.168 e. The Morgan fingerprint density at radius 3 is 2.00 bits per heavy atom. The summed E-state index contributed by atoms with van der Waals surface area (Å²) in [6.07, 6.45) is 5.62. The van der Waals surface area contributed by atoms with Crippen LogP contribution in [0.2, 0.25) is 0 Å². The maximum absolute atomic E-state index is 5.44. The van der Waals surface area contributed by atoms with E-state index in [1.807, 2.05) is 0 Å². The second-order valence-corrected chi connectivity index (χ2v) is 8.20. The highest BCUT2D eigenvalue weighted by molar-refractivity contribution is 7.80. The first-order valence-corrected chi connectivity index (χ1v) is 7.97. The van der Waals surface area contributed by atoms with E-state index in [-0.39, 0.29) is 16.7 Å². The van der Waals surface area contributed by atoms with Crippen molar-refractivity contribution in [1.29, 1.82) is 0 Å². The number of azo groups is 1. The molecule has 20 heavy (non-hydrogen) atoms. The van der Waals surface area contributed by atoms with Crippen LogP contribution >= 0.6 is 12.2 Å². The van der Waals surface area contributed by atoms with Crippen molar-refractivity contribution in [2.24, 2.45) is 10.2 Å². The van der Waals surface area contributed by atoms with E-state index in [2.05, 4.69) is 62.4 Å². The second-order valence-electron chi connectivity index (χ2n) is 7.79. The monoisotopic (exact) mass is 298 g/mol. The van der Waals surface area contributed by atoms with Crippen molar-refractivity contribution in [3.8, 4) is 0 Å². The minimum absolute atomic E-state index is 0.0406. The molecule has 1 fully saturated rings. The van der Waals surface area contributed by atoms with Gasteiger partial charge in [-0.3, -0.25) is 0 Å². The van der Waals surface area contributed by atoms with Gasteiger partial charge in [-0.1, -0.05) is 6.42 Å². The van der Waals surface area contributed by atoms with Crippen LogP contribution in [0.5, 0.6) is 0 Å². The van der Waals surface area contributed by atoms with Gasteiger partial charge in [0.1, 0.15) is 0 Å². The maximum atomic E-state index is 5.44. The molecule has 1 aliphatic rings. The summed E-state index contributed by atoms with van der Waals surface area (Å²) in [5, 5.41) is 16.5. The van der Waals surface area contributed by atoms with Gasteiger partial charge in [0.25, 0.3) is 0 Å². The van der Waals surface area contributed by atoms with Crippen LogP contribution in [0.3, 0.4) is 0 Å². The molecule has 0 bridgehead atoms. The summed E-state index contributed by atoms with van der Waals surface area (Å²) in [6.45, 7) is 12.5. The van der Waals surface area contributed by atoms with Crippen LogP contribution in [0.4, 0.5) is 0 Å². The third-order valence-corrected chi connectivity index (χ3v) is 3.26. The summed E-state index contributed by atoms with van der Waals surface area (Å²) in [5.41, 5.74) is -0.507. The van der Waals surface area contributed by atoms with Gasteiger partial charge in [-0.2, -0.15) is 10.2 Å². The van der Waals surface area contributed by atoms with Crippen molar-refractivity contribution < 1.29 is 0 Å². The Kier molecular flexibility index (Phi) is 5.53. The first-order chi connectivity index (χ1) is 9.02. The van der Waals surface area contributed by atoms with E-state index in [9.17, 15) is 0 Å². The molecule has 2 N–H and O–H groups in total. The molecule has 0 aromatic heterocycles. The van der Waals surface area contributed by atoms with Crippen molar-refractivity contribution in [2.45, 2.75) is 90.4 Å². The van der Waals surface area contributed by atoms with Crippen LogP contribution in [-0.4, -0.2) is 21.9 Å². The standard InChI is InChI=1S/C15H30N4S/c1-13(2,3)16-12(20)17-15(10-8-7-9-11-15)19-18-14(4,5)6/h7-11H2,1-6H3,(H2,16,17,20)/b19-18+. The van der Waals surface area contributed by atoms with Crippen LogP contribution in [0, 0.1) is 0 Å². The van der Waals surface area contributed by atoms with Gasteiger partial charge in [0.15, 0.2) is 10.8 Å². The quantitative estimate of drug-likeness (QED) is 0.594. The predicted octanol–water partition coefficient (Wildman–Crippen LogP) is 4.16. The summed E-state index contributed by atoms with van der Waals surface area (Å²) >= 11 is 5.44. The fraction of sp³-hybridized carbons (Fsp3) is 0.933. The third kappa shape index (κ3) is 6.64. The van der Waals surface area contributed by atoms with Gasteiger partial charge in [-0.15, -0.1) is 0 Å². The van der Waals surface area contributed by atoms with Crippen molar-refractivity contribution in [2.75, 3.05) is 0 Å². The molecule has 1 rings (SSSR count). The van der Waals surface area contributed by atoms with Gasteiger partial charge < -0.3 is 10.6 Å². The Balaban J connectivity index is 2.79. The highest BCUT2D eigenvalue weighted by atomic mass is 32.1.